The highest BCUT2D eigenvalue weighted by atomic mass is 35.5. The number of halogens is 1. The number of hydrogen-bond acceptors (Lipinski definition) is 5. The number of nitrogens with zero attached hydrogens (tertiary/aromatic N) is 2. The maximum Gasteiger partial charge on any atom is 0.244 e. The first-order valence-corrected chi connectivity index (χ1v) is 13.5. The van der Waals surface area contributed by atoms with E-state index in [-0.39, 0.29) is 30.0 Å². The number of benzene rings is 2. The molecule has 0 aliphatic rings. The number of anilines is 1. The molecule has 8 nitrogen and oxygen atoms in total. The minimum atomic E-state index is -3.89. The minimum Gasteiger partial charge on any atom is -0.352 e. The van der Waals surface area contributed by atoms with Gasteiger partial charge in [0, 0.05) is 23.2 Å². The van der Waals surface area contributed by atoms with Crippen molar-refractivity contribution in [1.29, 1.82) is 0 Å². The van der Waals surface area contributed by atoms with Crippen LogP contribution in [0, 0.1) is 0 Å². The van der Waals surface area contributed by atoms with Crippen LogP contribution in [0.25, 0.3) is 0 Å². The summed E-state index contributed by atoms with van der Waals surface area (Å²) in [5.41, 5.74) is 1.13. The molecule has 2 amide bonds. The first-order chi connectivity index (χ1) is 16.3. The number of ketones is 1. The fraction of sp³-hybridized carbons (Fsp3) is 0.400. The molecule has 1 atom stereocenters. The van der Waals surface area contributed by atoms with Crippen LogP contribution in [0.15, 0.2) is 48.5 Å². The van der Waals surface area contributed by atoms with Gasteiger partial charge in [0.25, 0.3) is 0 Å². The van der Waals surface area contributed by atoms with Crippen LogP contribution >= 0.6 is 11.6 Å². The first-order valence-electron chi connectivity index (χ1n) is 11.3. The Labute approximate surface area is 212 Å². The van der Waals surface area contributed by atoms with Gasteiger partial charge in [0.2, 0.25) is 21.8 Å². The molecule has 1 unspecified atom stereocenters. The molecule has 0 heterocycles. The number of Topliss-reactive ketones (excluding diaryl/α,β-unsaturated/α-hetero) is 1. The number of sulfonamides is 1. The zero-order valence-corrected chi connectivity index (χ0v) is 22.2. The lowest BCUT2D eigenvalue weighted by Crippen LogP contribution is -2.53. The second-order valence-electron chi connectivity index (χ2n) is 8.58. The van der Waals surface area contributed by atoms with Crippen LogP contribution in [-0.4, -0.2) is 55.8 Å². The molecule has 0 bridgehead atoms. The van der Waals surface area contributed by atoms with E-state index in [1.165, 1.54) is 24.0 Å². The molecule has 0 aliphatic carbocycles. The summed E-state index contributed by atoms with van der Waals surface area (Å²) in [5.74, 6) is -1.15. The topological polar surface area (TPSA) is 104 Å². The van der Waals surface area contributed by atoms with Gasteiger partial charge in [-0.1, -0.05) is 48.9 Å². The second-order valence-corrected chi connectivity index (χ2v) is 10.9. The Hall–Kier alpha value is -2.91. The van der Waals surface area contributed by atoms with Crippen molar-refractivity contribution in [3.63, 3.8) is 0 Å². The third-order valence-corrected chi connectivity index (χ3v) is 6.84. The molecular weight excluding hydrogens is 490 g/mol. The minimum absolute atomic E-state index is 0.0214. The van der Waals surface area contributed by atoms with Crippen molar-refractivity contribution in [2.45, 2.75) is 52.7 Å². The van der Waals surface area contributed by atoms with Crippen molar-refractivity contribution in [2.75, 3.05) is 17.1 Å². The Balaban J connectivity index is 2.49. The normalized spacial score (nSPS) is 12.2. The van der Waals surface area contributed by atoms with Crippen molar-refractivity contribution in [1.82, 2.24) is 10.2 Å². The quantitative estimate of drug-likeness (QED) is 0.455. The van der Waals surface area contributed by atoms with Gasteiger partial charge in [-0.25, -0.2) is 8.42 Å². The second kappa shape index (κ2) is 12.2. The highest BCUT2D eigenvalue weighted by Crippen LogP contribution is 2.23. The van der Waals surface area contributed by atoms with E-state index >= 15 is 0 Å². The summed E-state index contributed by atoms with van der Waals surface area (Å²) < 4.78 is 26.3. The van der Waals surface area contributed by atoms with E-state index in [1.807, 2.05) is 13.8 Å². The number of rotatable bonds is 11. The number of hydrogen-bond donors (Lipinski definition) is 1. The van der Waals surface area contributed by atoms with Crippen LogP contribution in [0.2, 0.25) is 5.02 Å². The Morgan fingerprint density at radius 2 is 1.71 bits per heavy atom. The van der Waals surface area contributed by atoms with Crippen LogP contribution < -0.4 is 9.62 Å². The van der Waals surface area contributed by atoms with Crippen LogP contribution in [0.1, 0.15) is 50.0 Å². The van der Waals surface area contributed by atoms with Crippen LogP contribution in [0.5, 0.6) is 0 Å². The SMILES string of the molecule is CCC(C(=O)NC(C)C)N(Cc1ccccc1Cl)C(=O)CN(c1cccc(C(C)=O)c1)S(C)(=O)=O. The predicted molar refractivity (Wildman–Crippen MR) is 138 cm³/mol. The van der Waals surface area contributed by atoms with Gasteiger partial charge in [0.1, 0.15) is 12.6 Å². The lowest BCUT2D eigenvalue weighted by molar-refractivity contribution is -0.140. The van der Waals surface area contributed by atoms with Gasteiger partial charge >= 0.3 is 0 Å². The summed E-state index contributed by atoms with van der Waals surface area (Å²) >= 11 is 6.33. The molecule has 0 radical (unpaired) electrons. The Morgan fingerprint density at radius 1 is 1.06 bits per heavy atom. The van der Waals surface area contributed by atoms with E-state index in [0.29, 0.717) is 22.6 Å². The smallest absolute Gasteiger partial charge is 0.244 e. The zero-order valence-electron chi connectivity index (χ0n) is 20.6. The molecule has 0 fully saturated rings. The number of nitrogens with one attached hydrogen (secondary N) is 1. The van der Waals surface area contributed by atoms with Crippen LogP contribution in [0.3, 0.4) is 0 Å². The predicted octanol–water partition coefficient (Wildman–Crippen LogP) is 3.64. The average Bonchev–Trinajstić information content (AvgIpc) is 2.77. The molecule has 0 saturated carbocycles. The van der Waals surface area contributed by atoms with Gasteiger partial charge in [-0.2, -0.15) is 0 Å². The van der Waals surface area contributed by atoms with E-state index in [0.717, 1.165) is 10.6 Å². The highest BCUT2D eigenvalue weighted by Gasteiger charge is 2.32. The van der Waals surface area contributed by atoms with Crippen molar-refractivity contribution >= 4 is 44.9 Å². The molecule has 0 spiro atoms. The standard InChI is InChI=1S/C25H32ClN3O5S/c1-6-23(25(32)27-17(2)3)28(15-20-10-7-8-13-22(20)26)24(31)16-29(35(5,33)34)21-12-9-11-19(14-21)18(4)30/h7-14,17,23H,6,15-16H2,1-5H3,(H,27,32). The Kier molecular flexibility index (Phi) is 9.85. The molecule has 1 N–H and O–H groups in total. The lowest BCUT2D eigenvalue weighted by Gasteiger charge is -2.33. The third-order valence-electron chi connectivity index (χ3n) is 5.34. The maximum atomic E-state index is 13.6. The molecule has 190 valence electrons. The molecule has 0 aromatic heterocycles. The molecule has 2 aromatic carbocycles. The third kappa shape index (κ3) is 7.80. The van der Waals surface area contributed by atoms with E-state index in [4.69, 9.17) is 11.6 Å². The highest BCUT2D eigenvalue weighted by molar-refractivity contribution is 7.92. The maximum absolute atomic E-state index is 13.6. The van der Waals surface area contributed by atoms with Crippen molar-refractivity contribution in [3.05, 3.63) is 64.7 Å². The van der Waals surface area contributed by atoms with Gasteiger partial charge in [-0.3, -0.25) is 18.7 Å². The zero-order chi connectivity index (χ0) is 26.3. The van der Waals surface area contributed by atoms with Gasteiger partial charge in [0.15, 0.2) is 5.78 Å². The monoisotopic (exact) mass is 521 g/mol. The van der Waals surface area contributed by atoms with E-state index in [2.05, 4.69) is 5.32 Å². The molecule has 10 heteroatoms. The molecule has 2 aromatic rings. The Morgan fingerprint density at radius 3 is 2.26 bits per heavy atom. The number of carbonyl (C=O) groups excluding carboxylic acids is 3. The van der Waals surface area contributed by atoms with Gasteiger partial charge in [-0.15, -0.1) is 0 Å². The van der Waals surface area contributed by atoms with Crippen molar-refractivity contribution < 1.29 is 22.8 Å². The van der Waals surface area contributed by atoms with Crippen molar-refractivity contribution in [3.8, 4) is 0 Å². The summed E-state index contributed by atoms with van der Waals surface area (Å²) in [5, 5.41) is 3.26. The van der Waals surface area contributed by atoms with E-state index in [1.54, 1.807) is 43.3 Å². The van der Waals surface area contributed by atoms with Gasteiger partial charge < -0.3 is 10.2 Å². The largest absolute Gasteiger partial charge is 0.352 e. The van der Waals surface area contributed by atoms with Gasteiger partial charge in [-0.05, 0) is 51.0 Å². The van der Waals surface area contributed by atoms with E-state index < -0.39 is 28.5 Å². The lowest BCUT2D eigenvalue weighted by atomic mass is 10.1. The van der Waals surface area contributed by atoms with Crippen LogP contribution in [-0.2, 0) is 26.2 Å². The molecule has 0 aliphatic heterocycles. The fourth-order valence-electron chi connectivity index (χ4n) is 3.60. The molecule has 2 rings (SSSR count). The summed E-state index contributed by atoms with van der Waals surface area (Å²) in [6, 6.07) is 12.1. The summed E-state index contributed by atoms with van der Waals surface area (Å²) in [6.07, 6.45) is 1.30. The molecular formula is C25H32ClN3O5S. The first kappa shape index (κ1) is 28.3. The van der Waals surface area contributed by atoms with Gasteiger partial charge in [0.05, 0.1) is 11.9 Å². The van der Waals surface area contributed by atoms with Crippen molar-refractivity contribution in [2.24, 2.45) is 0 Å². The number of carbonyl (C=O) groups is 3. The summed E-state index contributed by atoms with van der Waals surface area (Å²) in [7, 11) is -3.89. The number of amides is 2. The van der Waals surface area contributed by atoms with E-state index in [9.17, 15) is 22.8 Å². The summed E-state index contributed by atoms with van der Waals surface area (Å²) in [4.78, 5) is 39.8. The fourth-order valence-corrected chi connectivity index (χ4v) is 4.64. The molecule has 0 saturated heterocycles. The Bertz CT molecular complexity index is 1180. The van der Waals surface area contributed by atoms with Crippen LogP contribution in [0.4, 0.5) is 5.69 Å². The summed E-state index contributed by atoms with van der Waals surface area (Å²) in [6.45, 7) is 6.27. The molecule has 35 heavy (non-hydrogen) atoms. The average molecular weight is 522 g/mol.